The third-order valence-corrected chi connectivity index (χ3v) is 5.10. The fourth-order valence-electron chi connectivity index (χ4n) is 3.31. The number of amides is 1. The highest BCUT2D eigenvalue weighted by molar-refractivity contribution is 5.78. The first-order chi connectivity index (χ1) is 13.0. The number of rotatable bonds is 8. The number of benzene rings is 2. The number of nitrogens with one attached hydrogen (secondary N) is 2. The Kier molecular flexibility index (Phi) is 6.24. The quantitative estimate of drug-likeness (QED) is 0.644. The first-order valence-electron chi connectivity index (χ1n) is 9.43. The van der Waals surface area contributed by atoms with Gasteiger partial charge in [0.05, 0.1) is 11.7 Å². The van der Waals surface area contributed by atoms with Gasteiger partial charge in [-0.15, -0.1) is 0 Å². The van der Waals surface area contributed by atoms with Crippen molar-refractivity contribution in [2.24, 2.45) is 0 Å². The van der Waals surface area contributed by atoms with E-state index in [0.717, 1.165) is 17.3 Å². The number of aromatic nitrogens is 2. The van der Waals surface area contributed by atoms with Crippen LogP contribution in [0.2, 0.25) is 0 Å². The van der Waals surface area contributed by atoms with Crippen LogP contribution in [0.25, 0.3) is 10.9 Å². The van der Waals surface area contributed by atoms with E-state index in [2.05, 4.69) is 71.8 Å². The van der Waals surface area contributed by atoms with Crippen LogP contribution in [0.4, 0.5) is 0 Å². The van der Waals surface area contributed by atoms with Gasteiger partial charge in [-0.05, 0) is 49.7 Å². The number of nitrogens with zero attached hydrogens (tertiary/aromatic N) is 2. The molecule has 0 fully saturated rings. The smallest absolute Gasteiger partial charge is 0.220 e. The van der Waals surface area contributed by atoms with Gasteiger partial charge < -0.3 is 10.2 Å². The second kappa shape index (κ2) is 8.82. The number of hydrogen-bond donors (Lipinski definition) is 2. The predicted octanol–water partition coefficient (Wildman–Crippen LogP) is 3.35. The summed E-state index contributed by atoms with van der Waals surface area (Å²) in [4.78, 5) is 14.6. The van der Waals surface area contributed by atoms with E-state index in [1.165, 1.54) is 11.1 Å². The molecule has 3 aromatic rings. The van der Waals surface area contributed by atoms with Crippen molar-refractivity contribution in [3.63, 3.8) is 0 Å². The highest BCUT2D eigenvalue weighted by Gasteiger charge is 2.16. The summed E-state index contributed by atoms with van der Waals surface area (Å²) in [5.41, 5.74) is 3.49. The first kappa shape index (κ1) is 19.1. The van der Waals surface area contributed by atoms with Crippen molar-refractivity contribution in [3.8, 4) is 0 Å². The molecule has 0 unspecified atom stereocenters. The minimum atomic E-state index is 0.100. The van der Waals surface area contributed by atoms with Crippen molar-refractivity contribution < 1.29 is 4.79 Å². The van der Waals surface area contributed by atoms with Gasteiger partial charge in [-0.25, -0.2) is 0 Å². The molecule has 1 amide bonds. The number of carbonyl (C=O) groups excluding carboxylic acids is 1. The molecular weight excluding hydrogens is 336 g/mol. The monoisotopic (exact) mass is 364 g/mol. The normalized spacial score (nSPS) is 13.6. The summed E-state index contributed by atoms with van der Waals surface area (Å²) in [5.74, 6) is 0.316. The Labute approximate surface area is 160 Å². The molecule has 2 aromatic carbocycles. The lowest BCUT2D eigenvalue weighted by atomic mass is 9.97. The molecule has 0 spiro atoms. The van der Waals surface area contributed by atoms with Gasteiger partial charge in [0.1, 0.15) is 0 Å². The first-order valence-corrected chi connectivity index (χ1v) is 9.43. The minimum Gasteiger partial charge on any atom is -0.355 e. The number of fused-ring (bicyclic) bond motifs is 1. The van der Waals surface area contributed by atoms with Crippen molar-refractivity contribution in [1.29, 1.82) is 0 Å². The molecule has 2 N–H and O–H groups in total. The van der Waals surface area contributed by atoms with Gasteiger partial charge in [0.2, 0.25) is 5.91 Å². The van der Waals surface area contributed by atoms with Crippen molar-refractivity contribution in [2.75, 3.05) is 20.6 Å². The fraction of sp³-hybridized carbons (Fsp3) is 0.364. The lowest BCUT2D eigenvalue weighted by Crippen LogP contribution is -2.41. The average Bonchev–Trinajstić information content (AvgIpc) is 3.13. The van der Waals surface area contributed by atoms with Gasteiger partial charge in [0, 0.05) is 24.4 Å². The number of carbonyl (C=O) groups is 1. The standard InChI is InChI=1S/C22H28N4O/c1-16(18-7-5-4-6-8-18)11-22(27)23-15-20(26(2)3)13-17-9-10-21-19(12-17)14-24-25-21/h4-10,12,14,16,20H,11,13,15H2,1-3H3,(H,23,27)(H,24,25)/t16-,20-/m0/s1. The van der Waals surface area contributed by atoms with Crippen LogP contribution >= 0.6 is 0 Å². The van der Waals surface area contributed by atoms with Crippen molar-refractivity contribution in [1.82, 2.24) is 20.4 Å². The maximum Gasteiger partial charge on any atom is 0.220 e. The molecule has 0 saturated heterocycles. The summed E-state index contributed by atoms with van der Waals surface area (Å²) in [7, 11) is 4.11. The Balaban J connectivity index is 1.55. The van der Waals surface area contributed by atoms with Crippen molar-refractivity contribution in [2.45, 2.75) is 31.7 Å². The number of aromatic amines is 1. The van der Waals surface area contributed by atoms with Gasteiger partial charge in [-0.1, -0.05) is 43.3 Å². The second-order valence-corrected chi connectivity index (χ2v) is 7.43. The molecule has 0 aliphatic rings. The SMILES string of the molecule is C[C@@H](CC(=O)NC[C@H](Cc1ccc2[nH]ncc2c1)N(C)C)c1ccccc1. The third kappa shape index (κ3) is 5.17. The summed E-state index contributed by atoms with van der Waals surface area (Å²) < 4.78 is 0. The van der Waals surface area contributed by atoms with Gasteiger partial charge >= 0.3 is 0 Å². The molecule has 2 atom stereocenters. The lowest BCUT2D eigenvalue weighted by Gasteiger charge is -2.25. The molecule has 5 nitrogen and oxygen atoms in total. The number of H-pyrrole nitrogens is 1. The van der Waals surface area contributed by atoms with Crippen molar-refractivity contribution in [3.05, 3.63) is 65.9 Å². The largest absolute Gasteiger partial charge is 0.355 e. The van der Waals surface area contributed by atoms with Crippen LogP contribution in [0.5, 0.6) is 0 Å². The molecule has 0 radical (unpaired) electrons. The van der Waals surface area contributed by atoms with E-state index in [1.807, 2.05) is 24.4 Å². The molecular formula is C22H28N4O. The molecule has 1 heterocycles. The summed E-state index contributed by atoms with van der Waals surface area (Å²) >= 11 is 0. The Morgan fingerprint density at radius 1 is 1.19 bits per heavy atom. The summed E-state index contributed by atoms with van der Waals surface area (Å²) in [6.45, 7) is 2.73. The maximum absolute atomic E-state index is 12.4. The van der Waals surface area contributed by atoms with E-state index in [0.29, 0.717) is 13.0 Å². The summed E-state index contributed by atoms with van der Waals surface area (Å²) in [5, 5.41) is 11.3. The van der Waals surface area contributed by atoms with Crippen LogP contribution in [0.1, 0.15) is 30.4 Å². The molecule has 0 aliphatic heterocycles. The van der Waals surface area contributed by atoms with E-state index in [4.69, 9.17) is 0 Å². The zero-order valence-corrected chi connectivity index (χ0v) is 16.3. The van der Waals surface area contributed by atoms with E-state index in [1.54, 1.807) is 0 Å². The molecule has 27 heavy (non-hydrogen) atoms. The van der Waals surface area contributed by atoms with Crippen LogP contribution in [0, 0.1) is 0 Å². The highest BCUT2D eigenvalue weighted by atomic mass is 16.1. The summed E-state index contributed by atoms with van der Waals surface area (Å²) in [6.07, 6.45) is 3.23. The number of likely N-dealkylation sites (N-methyl/N-ethyl adjacent to an activating group) is 1. The Morgan fingerprint density at radius 2 is 1.96 bits per heavy atom. The zero-order chi connectivity index (χ0) is 19.2. The summed E-state index contributed by atoms with van der Waals surface area (Å²) in [6, 6.07) is 16.8. The molecule has 1 aromatic heterocycles. The van der Waals surface area contributed by atoms with Gasteiger partial charge in [-0.2, -0.15) is 5.10 Å². The van der Waals surface area contributed by atoms with E-state index in [9.17, 15) is 4.79 Å². The topological polar surface area (TPSA) is 61.0 Å². The van der Waals surface area contributed by atoms with Crippen LogP contribution in [0.3, 0.4) is 0 Å². The van der Waals surface area contributed by atoms with E-state index < -0.39 is 0 Å². The van der Waals surface area contributed by atoms with Crippen molar-refractivity contribution >= 4 is 16.8 Å². The van der Waals surface area contributed by atoms with Crippen LogP contribution in [-0.4, -0.2) is 47.7 Å². The highest BCUT2D eigenvalue weighted by Crippen LogP contribution is 2.18. The van der Waals surface area contributed by atoms with Gasteiger partial charge in [0.25, 0.3) is 0 Å². The van der Waals surface area contributed by atoms with Crippen LogP contribution < -0.4 is 5.32 Å². The van der Waals surface area contributed by atoms with Crippen LogP contribution in [-0.2, 0) is 11.2 Å². The number of hydrogen-bond acceptors (Lipinski definition) is 3. The molecule has 0 aliphatic carbocycles. The molecule has 0 bridgehead atoms. The molecule has 0 saturated carbocycles. The van der Waals surface area contributed by atoms with Crippen LogP contribution in [0.15, 0.2) is 54.7 Å². The van der Waals surface area contributed by atoms with Gasteiger partial charge in [-0.3, -0.25) is 9.89 Å². The Morgan fingerprint density at radius 3 is 2.70 bits per heavy atom. The lowest BCUT2D eigenvalue weighted by molar-refractivity contribution is -0.121. The Bertz CT molecular complexity index is 872. The average molecular weight is 364 g/mol. The minimum absolute atomic E-state index is 0.100. The Hall–Kier alpha value is -2.66. The third-order valence-electron chi connectivity index (χ3n) is 5.10. The maximum atomic E-state index is 12.4. The second-order valence-electron chi connectivity index (χ2n) is 7.43. The molecule has 142 valence electrons. The van der Waals surface area contributed by atoms with E-state index in [-0.39, 0.29) is 17.9 Å². The fourth-order valence-corrected chi connectivity index (χ4v) is 3.31. The molecule has 5 heteroatoms. The van der Waals surface area contributed by atoms with E-state index >= 15 is 0 Å². The van der Waals surface area contributed by atoms with Gasteiger partial charge in [0.15, 0.2) is 0 Å². The zero-order valence-electron chi connectivity index (χ0n) is 16.3. The molecule has 3 rings (SSSR count). The predicted molar refractivity (Wildman–Crippen MR) is 110 cm³/mol.